The third-order valence-electron chi connectivity index (χ3n) is 4.33. The fraction of sp³-hybridized carbons (Fsp3) is 0. The van der Waals surface area contributed by atoms with Gasteiger partial charge in [0, 0.05) is 0 Å². The monoisotopic (exact) mass is 694 g/mol. The van der Waals surface area contributed by atoms with Crippen molar-refractivity contribution in [3.8, 4) is 0 Å². The van der Waals surface area contributed by atoms with Gasteiger partial charge in [-0.3, -0.25) is 0 Å². The zero-order valence-electron chi connectivity index (χ0n) is 15.2. The van der Waals surface area contributed by atoms with E-state index in [4.69, 9.17) is 23.2 Å². The molecular weight excluding hydrogens is 680 g/mol. The van der Waals surface area contributed by atoms with Gasteiger partial charge in [0.2, 0.25) is 0 Å². The van der Waals surface area contributed by atoms with Crippen LogP contribution in [-0.2, 0) is 0 Å². The van der Waals surface area contributed by atoms with E-state index in [1.807, 2.05) is 42.1 Å². The molecule has 4 aromatic carbocycles. The van der Waals surface area contributed by atoms with Gasteiger partial charge in [0.25, 0.3) is 0 Å². The summed E-state index contributed by atoms with van der Waals surface area (Å²) in [6.07, 6.45) is 0. The molecule has 0 atom stereocenters. The molecule has 144 valence electrons. The molecule has 0 saturated heterocycles. The molecule has 4 aromatic rings. The van der Waals surface area contributed by atoms with Gasteiger partial charge in [0.1, 0.15) is 0 Å². The molecule has 29 heavy (non-hydrogen) atoms. The molecule has 0 amide bonds. The van der Waals surface area contributed by atoms with Gasteiger partial charge in [-0.2, -0.15) is 0 Å². The third kappa shape index (κ3) is 5.27. The minimum atomic E-state index is -2.53. The summed E-state index contributed by atoms with van der Waals surface area (Å²) in [7, 11) is 0. The molecule has 0 radical (unpaired) electrons. The molecule has 0 heterocycles. The van der Waals surface area contributed by atoms with Crippen molar-refractivity contribution in [3.05, 3.63) is 112 Å². The van der Waals surface area contributed by atoms with Crippen LogP contribution < -0.4 is 9.81 Å². The number of rotatable bonds is 5. The molecular formula is C24H16BiBrCl2S. The normalized spacial score (nSPS) is 11.0. The Balaban J connectivity index is 1.84. The predicted octanol–water partition coefficient (Wildman–Crippen LogP) is 6.42. The third-order valence-corrected chi connectivity index (χ3v) is 17.3. The Kier molecular flexibility index (Phi) is 7.37. The van der Waals surface area contributed by atoms with E-state index in [9.17, 15) is 0 Å². The second kappa shape index (κ2) is 9.99. The zero-order chi connectivity index (χ0) is 20.2. The Morgan fingerprint density at radius 2 is 1.07 bits per heavy atom. The summed E-state index contributed by atoms with van der Waals surface area (Å²) >= 11 is 15.3. The maximum atomic E-state index is 6.18. The summed E-state index contributed by atoms with van der Waals surface area (Å²) in [4.78, 5) is 2.53. The van der Waals surface area contributed by atoms with Crippen LogP contribution in [0.15, 0.2) is 111 Å². The van der Waals surface area contributed by atoms with Crippen molar-refractivity contribution >= 4 is 82.5 Å². The standard InChI is InChI=1S/C12H8BrS.2C6H4Cl.Bi/c13-11-8-4-5-9-12(11)14-10-6-2-1-3-7-10;2*7-6-4-2-1-3-5-6;/h1-6,8-9H;2*2-5H;. The molecule has 0 aliphatic carbocycles. The van der Waals surface area contributed by atoms with Crippen LogP contribution in [0.2, 0.25) is 10.0 Å². The van der Waals surface area contributed by atoms with Crippen molar-refractivity contribution in [1.29, 1.82) is 0 Å². The van der Waals surface area contributed by atoms with Crippen molar-refractivity contribution in [2.75, 3.05) is 0 Å². The van der Waals surface area contributed by atoms with Crippen LogP contribution >= 0.6 is 50.9 Å². The molecule has 0 saturated carbocycles. The van der Waals surface area contributed by atoms with Crippen molar-refractivity contribution in [1.82, 2.24) is 0 Å². The molecule has 0 bridgehead atoms. The van der Waals surface area contributed by atoms with E-state index in [0.29, 0.717) is 0 Å². The molecule has 0 aliphatic rings. The van der Waals surface area contributed by atoms with Gasteiger partial charge >= 0.3 is 204 Å². The van der Waals surface area contributed by atoms with E-state index < -0.39 is 21.8 Å². The molecule has 5 heteroatoms. The minimum absolute atomic E-state index is 0.768. The Hall–Kier alpha value is -0.827. The van der Waals surface area contributed by atoms with E-state index in [1.165, 1.54) is 19.6 Å². The predicted molar refractivity (Wildman–Crippen MR) is 132 cm³/mol. The van der Waals surface area contributed by atoms with E-state index in [2.05, 4.69) is 82.7 Å². The fourth-order valence-corrected chi connectivity index (χ4v) is 14.8. The molecule has 0 aromatic heterocycles. The Morgan fingerprint density at radius 1 is 0.586 bits per heavy atom. The summed E-state index contributed by atoms with van der Waals surface area (Å²) in [5.74, 6) is 0. The van der Waals surface area contributed by atoms with Crippen molar-refractivity contribution in [2.24, 2.45) is 0 Å². The van der Waals surface area contributed by atoms with E-state index in [-0.39, 0.29) is 0 Å². The summed E-state index contributed by atoms with van der Waals surface area (Å²) in [5.41, 5.74) is 0. The van der Waals surface area contributed by atoms with Gasteiger partial charge in [0.15, 0.2) is 0 Å². The average molecular weight is 696 g/mol. The Bertz CT molecular complexity index is 1070. The summed E-state index contributed by atoms with van der Waals surface area (Å²) in [5, 5.41) is 1.54. The molecule has 0 fully saturated rings. The van der Waals surface area contributed by atoms with Gasteiger partial charge < -0.3 is 0 Å². The first-order valence-corrected chi connectivity index (χ1v) is 16.5. The number of benzene rings is 4. The molecule has 0 nitrogen and oxygen atoms in total. The van der Waals surface area contributed by atoms with Crippen LogP contribution in [0.4, 0.5) is 0 Å². The van der Waals surface area contributed by atoms with Crippen molar-refractivity contribution < 1.29 is 0 Å². The summed E-state index contributed by atoms with van der Waals surface area (Å²) in [6.45, 7) is 0. The Morgan fingerprint density at radius 3 is 1.62 bits per heavy atom. The maximum absolute atomic E-state index is 6.18. The summed E-state index contributed by atoms with van der Waals surface area (Å²) < 4.78 is 5.36. The second-order valence-corrected chi connectivity index (χ2v) is 17.6. The molecule has 4 rings (SSSR count). The first kappa shape index (κ1) is 21.4. The van der Waals surface area contributed by atoms with Gasteiger partial charge in [-0.1, -0.05) is 0 Å². The average Bonchev–Trinajstić information content (AvgIpc) is 2.74. The second-order valence-electron chi connectivity index (χ2n) is 6.29. The number of hydrogen-bond donors (Lipinski definition) is 0. The van der Waals surface area contributed by atoms with E-state index in [0.717, 1.165) is 14.5 Å². The fourth-order valence-electron chi connectivity index (χ4n) is 2.98. The zero-order valence-corrected chi connectivity index (χ0v) is 22.6. The SMILES string of the molecule is Clc1cc[c]([Bi]([c]2ccc(Cl)cc2)[c]2ccccc2Sc2ccccc2Br)cc1. The van der Waals surface area contributed by atoms with Crippen LogP contribution in [-0.4, -0.2) is 21.8 Å². The summed E-state index contributed by atoms with van der Waals surface area (Å²) in [6, 6.07) is 33.9. The molecule has 0 aliphatic heterocycles. The van der Waals surface area contributed by atoms with Gasteiger partial charge in [-0.05, 0) is 0 Å². The molecule has 0 unspecified atom stereocenters. The topological polar surface area (TPSA) is 0 Å². The van der Waals surface area contributed by atoms with Crippen LogP contribution in [0.1, 0.15) is 0 Å². The molecule has 0 N–H and O–H groups in total. The van der Waals surface area contributed by atoms with E-state index >= 15 is 0 Å². The van der Waals surface area contributed by atoms with Crippen LogP contribution in [0, 0.1) is 0 Å². The van der Waals surface area contributed by atoms with Crippen LogP contribution in [0.3, 0.4) is 0 Å². The van der Waals surface area contributed by atoms with Crippen molar-refractivity contribution in [2.45, 2.75) is 9.79 Å². The first-order chi connectivity index (χ1) is 14.1. The first-order valence-electron chi connectivity index (χ1n) is 8.94. The van der Waals surface area contributed by atoms with Crippen molar-refractivity contribution in [3.63, 3.8) is 0 Å². The quantitative estimate of drug-likeness (QED) is 0.217. The van der Waals surface area contributed by atoms with Crippen LogP contribution in [0.5, 0.6) is 0 Å². The van der Waals surface area contributed by atoms with Crippen LogP contribution in [0.25, 0.3) is 0 Å². The van der Waals surface area contributed by atoms with Gasteiger partial charge in [-0.25, -0.2) is 0 Å². The van der Waals surface area contributed by atoms with Gasteiger partial charge in [-0.15, -0.1) is 0 Å². The molecule has 0 spiro atoms. The number of halogens is 3. The van der Waals surface area contributed by atoms with Gasteiger partial charge in [0.05, 0.1) is 0 Å². The number of hydrogen-bond acceptors (Lipinski definition) is 1. The Labute approximate surface area is 202 Å². The van der Waals surface area contributed by atoms with E-state index in [1.54, 1.807) is 0 Å².